The summed E-state index contributed by atoms with van der Waals surface area (Å²) in [6, 6.07) is 12.3. The van der Waals surface area contributed by atoms with Crippen LogP contribution in [0.25, 0.3) is 10.9 Å². The zero-order valence-electron chi connectivity index (χ0n) is 10.9. The fraction of sp³-hybridized carbons (Fsp3) is 0. The monoisotopic (exact) mass is 282 g/mol. The number of benzene rings is 2. The van der Waals surface area contributed by atoms with Gasteiger partial charge < -0.3 is 10.4 Å². The van der Waals surface area contributed by atoms with Crippen LogP contribution in [-0.4, -0.2) is 16.0 Å². The van der Waals surface area contributed by atoms with Gasteiger partial charge in [-0.3, -0.25) is 9.78 Å². The van der Waals surface area contributed by atoms with Crippen LogP contribution in [0.5, 0.6) is 5.75 Å². The van der Waals surface area contributed by atoms with E-state index < -0.39 is 11.7 Å². The molecule has 2 N–H and O–H groups in total. The molecule has 0 atom stereocenters. The third kappa shape index (κ3) is 2.67. The van der Waals surface area contributed by atoms with Crippen LogP contribution in [0.2, 0.25) is 0 Å². The minimum absolute atomic E-state index is 0.126. The number of fused-ring (bicyclic) bond motifs is 1. The minimum Gasteiger partial charge on any atom is -0.508 e. The van der Waals surface area contributed by atoms with E-state index in [1.54, 1.807) is 30.5 Å². The lowest BCUT2D eigenvalue weighted by Crippen LogP contribution is -2.13. The van der Waals surface area contributed by atoms with Crippen LogP contribution in [-0.2, 0) is 0 Å². The first-order valence-electron chi connectivity index (χ1n) is 6.28. The third-order valence-electron chi connectivity index (χ3n) is 3.06. The molecule has 0 aliphatic heterocycles. The Morgan fingerprint density at radius 3 is 2.81 bits per heavy atom. The molecule has 1 heterocycles. The lowest BCUT2D eigenvalue weighted by molar-refractivity contribution is 0.102. The summed E-state index contributed by atoms with van der Waals surface area (Å²) in [5.41, 5.74) is 1.23. The molecule has 0 spiro atoms. The van der Waals surface area contributed by atoms with Gasteiger partial charge in [-0.2, -0.15) is 0 Å². The van der Waals surface area contributed by atoms with E-state index in [2.05, 4.69) is 10.3 Å². The fourth-order valence-corrected chi connectivity index (χ4v) is 2.04. The van der Waals surface area contributed by atoms with Gasteiger partial charge in [0.05, 0.1) is 11.1 Å². The molecule has 3 aromatic rings. The maximum atomic E-state index is 13.6. The van der Waals surface area contributed by atoms with E-state index in [0.29, 0.717) is 5.69 Å². The summed E-state index contributed by atoms with van der Waals surface area (Å²) in [5.74, 6) is -1.56. The number of carbonyl (C=O) groups excluding carboxylic acids is 1. The number of phenolic OH excluding ortho intramolecular Hbond substituents is 1. The molecule has 104 valence electrons. The van der Waals surface area contributed by atoms with Crippen LogP contribution >= 0.6 is 0 Å². The van der Waals surface area contributed by atoms with Crippen molar-refractivity contribution < 1.29 is 14.3 Å². The number of nitrogens with zero attached hydrogens (tertiary/aromatic N) is 1. The maximum absolute atomic E-state index is 13.6. The molecule has 1 amide bonds. The van der Waals surface area contributed by atoms with Crippen LogP contribution < -0.4 is 5.32 Å². The highest BCUT2D eigenvalue weighted by Crippen LogP contribution is 2.19. The quantitative estimate of drug-likeness (QED) is 0.757. The van der Waals surface area contributed by atoms with Crippen molar-refractivity contribution >= 4 is 22.5 Å². The van der Waals surface area contributed by atoms with Gasteiger partial charge in [-0.25, -0.2) is 4.39 Å². The Labute approximate surface area is 119 Å². The number of hydrogen-bond acceptors (Lipinski definition) is 3. The average molecular weight is 282 g/mol. The SMILES string of the molecule is O=C(Nc1ccc2ncccc2c1)c1ccc(O)cc1F. The van der Waals surface area contributed by atoms with Crippen molar-refractivity contribution in [2.45, 2.75) is 0 Å². The molecule has 0 bridgehead atoms. The summed E-state index contributed by atoms with van der Waals surface area (Å²) in [7, 11) is 0. The van der Waals surface area contributed by atoms with Crippen molar-refractivity contribution in [2.75, 3.05) is 5.32 Å². The van der Waals surface area contributed by atoms with E-state index in [1.807, 2.05) is 6.07 Å². The van der Waals surface area contributed by atoms with Crippen LogP contribution in [0.1, 0.15) is 10.4 Å². The highest BCUT2D eigenvalue weighted by molar-refractivity contribution is 6.05. The number of aromatic hydroxyl groups is 1. The summed E-state index contributed by atoms with van der Waals surface area (Å²) in [4.78, 5) is 16.2. The van der Waals surface area contributed by atoms with E-state index in [0.717, 1.165) is 17.0 Å². The molecule has 0 unspecified atom stereocenters. The van der Waals surface area contributed by atoms with Crippen LogP contribution in [0, 0.1) is 5.82 Å². The molecule has 0 aliphatic rings. The molecular weight excluding hydrogens is 271 g/mol. The summed E-state index contributed by atoms with van der Waals surface area (Å²) < 4.78 is 13.6. The normalized spacial score (nSPS) is 10.5. The Morgan fingerprint density at radius 2 is 2.00 bits per heavy atom. The Bertz CT molecular complexity index is 833. The lowest BCUT2D eigenvalue weighted by atomic mass is 10.1. The summed E-state index contributed by atoms with van der Waals surface area (Å²) in [6.07, 6.45) is 1.69. The number of nitrogens with one attached hydrogen (secondary N) is 1. The van der Waals surface area contributed by atoms with Crippen LogP contribution in [0.4, 0.5) is 10.1 Å². The smallest absolute Gasteiger partial charge is 0.258 e. The van der Waals surface area contributed by atoms with Crippen molar-refractivity contribution in [2.24, 2.45) is 0 Å². The van der Waals surface area contributed by atoms with E-state index in [-0.39, 0.29) is 11.3 Å². The van der Waals surface area contributed by atoms with Gasteiger partial charge in [-0.15, -0.1) is 0 Å². The number of rotatable bonds is 2. The van der Waals surface area contributed by atoms with Crippen molar-refractivity contribution in [1.82, 2.24) is 4.98 Å². The molecule has 21 heavy (non-hydrogen) atoms. The molecule has 0 fully saturated rings. The number of pyridine rings is 1. The first-order chi connectivity index (χ1) is 10.1. The molecule has 0 saturated carbocycles. The van der Waals surface area contributed by atoms with Gasteiger partial charge in [0.2, 0.25) is 0 Å². The minimum atomic E-state index is -0.769. The number of aromatic nitrogens is 1. The molecule has 0 radical (unpaired) electrons. The predicted molar refractivity (Wildman–Crippen MR) is 77.8 cm³/mol. The van der Waals surface area contributed by atoms with Gasteiger partial charge in [0.15, 0.2) is 0 Å². The fourth-order valence-electron chi connectivity index (χ4n) is 2.04. The molecular formula is C16H11FN2O2. The van der Waals surface area contributed by atoms with E-state index >= 15 is 0 Å². The van der Waals surface area contributed by atoms with Crippen molar-refractivity contribution in [1.29, 1.82) is 0 Å². The Kier molecular flexibility index (Phi) is 3.23. The number of carbonyl (C=O) groups is 1. The summed E-state index contributed by atoms with van der Waals surface area (Å²) in [6.45, 7) is 0. The van der Waals surface area contributed by atoms with Crippen molar-refractivity contribution in [3.8, 4) is 5.75 Å². The number of phenols is 1. The number of hydrogen-bond donors (Lipinski definition) is 2. The number of amides is 1. The van der Waals surface area contributed by atoms with Gasteiger partial charge >= 0.3 is 0 Å². The third-order valence-corrected chi connectivity index (χ3v) is 3.06. The molecule has 2 aromatic carbocycles. The van der Waals surface area contributed by atoms with Crippen molar-refractivity contribution in [3.05, 3.63) is 66.1 Å². The molecule has 1 aromatic heterocycles. The van der Waals surface area contributed by atoms with Crippen molar-refractivity contribution in [3.63, 3.8) is 0 Å². The summed E-state index contributed by atoms with van der Waals surface area (Å²) >= 11 is 0. The van der Waals surface area contributed by atoms with E-state index in [9.17, 15) is 9.18 Å². The highest BCUT2D eigenvalue weighted by atomic mass is 19.1. The van der Waals surface area contributed by atoms with Gasteiger partial charge in [0, 0.05) is 23.3 Å². The second-order valence-corrected chi connectivity index (χ2v) is 4.53. The maximum Gasteiger partial charge on any atom is 0.258 e. The largest absolute Gasteiger partial charge is 0.508 e. The Morgan fingerprint density at radius 1 is 1.14 bits per heavy atom. The summed E-state index contributed by atoms with van der Waals surface area (Å²) in [5, 5.41) is 12.6. The Balaban J connectivity index is 1.89. The topological polar surface area (TPSA) is 62.2 Å². The van der Waals surface area contributed by atoms with Crippen LogP contribution in [0.3, 0.4) is 0 Å². The number of halogens is 1. The zero-order valence-corrected chi connectivity index (χ0v) is 10.9. The molecule has 5 heteroatoms. The number of anilines is 1. The second kappa shape index (κ2) is 5.20. The molecule has 4 nitrogen and oxygen atoms in total. The first kappa shape index (κ1) is 13.1. The van der Waals surface area contributed by atoms with Gasteiger partial charge in [-0.1, -0.05) is 6.07 Å². The second-order valence-electron chi connectivity index (χ2n) is 4.53. The molecule has 3 rings (SSSR count). The molecule has 0 saturated heterocycles. The van der Waals surface area contributed by atoms with Gasteiger partial charge in [0.25, 0.3) is 5.91 Å². The van der Waals surface area contributed by atoms with Gasteiger partial charge in [0.1, 0.15) is 11.6 Å². The lowest BCUT2D eigenvalue weighted by Gasteiger charge is -2.07. The highest BCUT2D eigenvalue weighted by Gasteiger charge is 2.12. The van der Waals surface area contributed by atoms with E-state index in [4.69, 9.17) is 5.11 Å². The predicted octanol–water partition coefficient (Wildman–Crippen LogP) is 3.33. The Hall–Kier alpha value is -2.95. The van der Waals surface area contributed by atoms with Gasteiger partial charge in [-0.05, 0) is 36.4 Å². The first-order valence-corrected chi connectivity index (χ1v) is 6.28. The standard InChI is InChI=1S/C16H11FN2O2/c17-14-9-12(20)4-5-13(14)16(21)19-11-3-6-15-10(8-11)2-1-7-18-15/h1-9,20H,(H,19,21). The average Bonchev–Trinajstić information content (AvgIpc) is 2.47. The molecule has 0 aliphatic carbocycles. The van der Waals surface area contributed by atoms with E-state index in [1.165, 1.54) is 12.1 Å². The van der Waals surface area contributed by atoms with Crippen LogP contribution in [0.15, 0.2) is 54.7 Å². The zero-order chi connectivity index (χ0) is 14.8.